The van der Waals surface area contributed by atoms with Crippen LogP contribution < -0.4 is 4.72 Å². The second-order valence-electron chi connectivity index (χ2n) is 6.37. The number of hydrogen-bond acceptors (Lipinski definition) is 4. The molecule has 0 radical (unpaired) electrons. The third-order valence-corrected chi connectivity index (χ3v) is 5.78. The summed E-state index contributed by atoms with van der Waals surface area (Å²) in [6, 6.07) is 8.05. The fraction of sp³-hybridized carbons (Fsp3) is 0.182. The fourth-order valence-corrected chi connectivity index (χ4v) is 4.08. The standard InChI is InChI=1S/C22H22F2N2O3S/c1-5-9-16-10-7-13-20(14(16)3)30(28,29)26-22(27)19(6-2)25-15(4)21-17(23)11-8-12-18(21)24/h5-13H,1-4H3,(H,26,27)/b9-5-,19-6-,25-15?. The molecule has 2 rings (SSSR count). The molecule has 0 saturated heterocycles. The number of sulfonamides is 1. The smallest absolute Gasteiger partial charge is 0.266 e. The molecule has 0 heterocycles. The van der Waals surface area contributed by atoms with Gasteiger partial charge in [0.05, 0.1) is 16.2 Å². The summed E-state index contributed by atoms with van der Waals surface area (Å²) in [5.74, 6) is -2.68. The van der Waals surface area contributed by atoms with Gasteiger partial charge in [-0.25, -0.2) is 26.9 Å². The molecule has 1 amide bonds. The van der Waals surface area contributed by atoms with Crippen LogP contribution in [0.25, 0.3) is 6.08 Å². The van der Waals surface area contributed by atoms with E-state index in [1.165, 1.54) is 32.1 Å². The van der Waals surface area contributed by atoms with E-state index in [0.29, 0.717) is 11.1 Å². The second-order valence-corrected chi connectivity index (χ2v) is 8.02. The van der Waals surface area contributed by atoms with Gasteiger partial charge in [0.1, 0.15) is 17.3 Å². The maximum atomic E-state index is 14.0. The summed E-state index contributed by atoms with van der Waals surface area (Å²) >= 11 is 0. The first kappa shape index (κ1) is 23.2. The van der Waals surface area contributed by atoms with Crippen LogP contribution in [0.2, 0.25) is 0 Å². The first-order valence-electron chi connectivity index (χ1n) is 9.07. The Morgan fingerprint density at radius 2 is 1.67 bits per heavy atom. The van der Waals surface area contributed by atoms with Crippen molar-refractivity contribution in [3.63, 3.8) is 0 Å². The molecule has 0 bridgehead atoms. The molecule has 0 aliphatic heterocycles. The number of rotatable bonds is 6. The molecule has 8 heteroatoms. The van der Waals surface area contributed by atoms with Crippen LogP contribution >= 0.6 is 0 Å². The van der Waals surface area contributed by atoms with E-state index in [9.17, 15) is 22.0 Å². The van der Waals surface area contributed by atoms with Crippen LogP contribution in [-0.2, 0) is 14.8 Å². The minimum Gasteiger partial charge on any atom is -0.266 e. The molecule has 30 heavy (non-hydrogen) atoms. The van der Waals surface area contributed by atoms with Crippen molar-refractivity contribution in [1.82, 2.24) is 4.72 Å². The number of nitrogens with zero attached hydrogens (tertiary/aromatic N) is 1. The van der Waals surface area contributed by atoms with Crippen LogP contribution in [0.4, 0.5) is 8.78 Å². The van der Waals surface area contributed by atoms with Crippen LogP contribution in [0, 0.1) is 18.6 Å². The lowest BCUT2D eigenvalue weighted by Crippen LogP contribution is -2.32. The lowest BCUT2D eigenvalue weighted by Gasteiger charge is -2.12. The molecule has 0 aromatic heterocycles. The number of nitrogens with one attached hydrogen (secondary N) is 1. The van der Waals surface area contributed by atoms with E-state index in [1.54, 1.807) is 38.1 Å². The summed E-state index contributed by atoms with van der Waals surface area (Å²) in [6.45, 7) is 6.24. The van der Waals surface area contributed by atoms with E-state index in [0.717, 1.165) is 12.1 Å². The third-order valence-electron chi connectivity index (χ3n) is 4.31. The van der Waals surface area contributed by atoms with Crippen LogP contribution in [0.15, 0.2) is 64.1 Å². The summed E-state index contributed by atoms with van der Waals surface area (Å²) in [7, 11) is -4.19. The Labute approximate surface area is 174 Å². The average Bonchev–Trinajstić information content (AvgIpc) is 2.67. The van der Waals surface area contributed by atoms with E-state index in [2.05, 4.69) is 4.99 Å². The molecule has 2 aromatic rings. The van der Waals surface area contributed by atoms with Crippen molar-refractivity contribution in [1.29, 1.82) is 0 Å². The van der Waals surface area contributed by atoms with Crippen molar-refractivity contribution in [2.24, 2.45) is 4.99 Å². The molecule has 0 spiro atoms. The molecule has 0 atom stereocenters. The molecule has 0 saturated carbocycles. The van der Waals surface area contributed by atoms with Crippen molar-refractivity contribution in [2.75, 3.05) is 0 Å². The average molecular weight is 432 g/mol. The fourth-order valence-electron chi connectivity index (χ4n) is 2.84. The predicted molar refractivity (Wildman–Crippen MR) is 114 cm³/mol. The first-order valence-corrected chi connectivity index (χ1v) is 10.6. The number of carbonyl (C=O) groups excluding carboxylic acids is 1. The van der Waals surface area contributed by atoms with Crippen molar-refractivity contribution in [3.05, 3.63) is 82.6 Å². The number of hydrogen-bond donors (Lipinski definition) is 1. The number of aliphatic imine (C=N–C) groups is 1. The SMILES string of the molecule is C/C=C\c1cccc(S(=O)(=O)NC(=O)/C(=C/C)N=C(C)c2c(F)cccc2F)c1C. The van der Waals surface area contributed by atoms with Gasteiger partial charge in [-0.15, -0.1) is 0 Å². The molecule has 0 fully saturated rings. The summed E-state index contributed by atoms with van der Waals surface area (Å²) < 4.78 is 55.4. The van der Waals surface area contributed by atoms with Crippen LogP contribution in [0.1, 0.15) is 37.5 Å². The highest BCUT2D eigenvalue weighted by atomic mass is 32.2. The molecule has 0 unspecified atom stereocenters. The minimum absolute atomic E-state index is 0.0530. The van der Waals surface area contributed by atoms with E-state index < -0.39 is 27.6 Å². The summed E-state index contributed by atoms with van der Waals surface area (Å²) in [4.78, 5) is 16.4. The maximum Gasteiger partial charge on any atom is 0.283 e. The normalized spacial score (nSPS) is 13.0. The van der Waals surface area contributed by atoms with Gasteiger partial charge in [-0.2, -0.15) is 0 Å². The van der Waals surface area contributed by atoms with Gasteiger partial charge in [-0.05, 0) is 57.0 Å². The zero-order valence-electron chi connectivity index (χ0n) is 17.0. The predicted octanol–water partition coefficient (Wildman–Crippen LogP) is 4.52. The highest BCUT2D eigenvalue weighted by Gasteiger charge is 2.23. The zero-order chi connectivity index (χ0) is 22.5. The second kappa shape index (κ2) is 9.58. The van der Waals surface area contributed by atoms with E-state index in [1.807, 2.05) is 4.72 Å². The molecule has 158 valence electrons. The van der Waals surface area contributed by atoms with E-state index in [4.69, 9.17) is 0 Å². The van der Waals surface area contributed by atoms with Gasteiger partial charge in [-0.1, -0.05) is 36.4 Å². The molecule has 1 N–H and O–H groups in total. The van der Waals surface area contributed by atoms with Crippen molar-refractivity contribution >= 4 is 27.7 Å². The lowest BCUT2D eigenvalue weighted by molar-refractivity contribution is -0.115. The van der Waals surface area contributed by atoms with Gasteiger partial charge in [0, 0.05) is 0 Å². The molecule has 5 nitrogen and oxygen atoms in total. The van der Waals surface area contributed by atoms with E-state index >= 15 is 0 Å². The van der Waals surface area contributed by atoms with E-state index in [-0.39, 0.29) is 21.9 Å². The van der Waals surface area contributed by atoms with Crippen molar-refractivity contribution in [2.45, 2.75) is 32.6 Å². The van der Waals surface area contributed by atoms with Gasteiger partial charge in [0.2, 0.25) is 0 Å². The lowest BCUT2D eigenvalue weighted by atomic mass is 10.1. The van der Waals surface area contributed by atoms with Gasteiger partial charge < -0.3 is 0 Å². The van der Waals surface area contributed by atoms with Crippen molar-refractivity contribution in [3.8, 4) is 0 Å². The highest BCUT2D eigenvalue weighted by molar-refractivity contribution is 7.90. The van der Waals surface area contributed by atoms with Gasteiger partial charge in [0.25, 0.3) is 15.9 Å². The monoisotopic (exact) mass is 432 g/mol. The summed E-state index contributed by atoms with van der Waals surface area (Å²) in [5, 5.41) is 0. The molecular weight excluding hydrogens is 410 g/mol. The number of amides is 1. The Morgan fingerprint density at radius 1 is 1.07 bits per heavy atom. The zero-order valence-corrected chi connectivity index (χ0v) is 17.8. The Morgan fingerprint density at radius 3 is 2.23 bits per heavy atom. The first-order chi connectivity index (χ1) is 14.1. The topological polar surface area (TPSA) is 75.6 Å². The Bertz CT molecular complexity index is 1150. The minimum atomic E-state index is -4.19. The highest BCUT2D eigenvalue weighted by Crippen LogP contribution is 2.21. The van der Waals surface area contributed by atoms with Gasteiger partial charge in [-0.3, -0.25) is 4.79 Å². The Kier molecular flexibility index (Phi) is 7.39. The Hall–Kier alpha value is -3.13. The quantitative estimate of drug-likeness (QED) is 0.539. The molecular formula is C22H22F2N2O3S. The maximum absolute atomic E-state index is 14.0. The van der Waals surface area contributed by atoms with Crippen LogP contribution in [-0.4, -0.2) is 20.0 Å². The molecule has 2 aromatic carbocycles. The van der Waals surface area contributed by atoms with Crippen molar-refractivity contribution < 1.29 is 22.0 Å². The Balaban J connectivity index is 2.37. The number of carbonyl (C=O) groups is 1. The summed E-state index contributed by atoms with van der Waals surface area (Å²) in [5.41, 5.74) is 0.398. The molecule has 0 aliphatic carbocycles. The number of halogens is 2. The van der Waals surface area contributed by atoms with Gasteiger partial charge in [0.15, 0.2) is 0 Å². The largest absolute Gasteiger partial charge is 0.283 e. The molecule has 0 aliphatic rings. The number of benzene rings is 2. The van der Waals surface area contributed by atoms with Gasteiger partial charge >= 0.3 is 0 Å². The summed E-state index contributed by atoms with van der Waals surface area (Å²) in [6.07, 6.45) is 4.79. The number of allylic oxidation sites excluding steroid dienone is 2. The third kappa shape index (κ3) is 5.07. The van der Waals surface area contributed by atoms with Crippen LogP contribution in [0.3, 0.4) is 0 Å². The van der Waals surface area contributed by atoms with Crippen LogP contribution in [0.5, 0.6) is 0 Å².